The summed E-state index contributed by atoms with van der Waals surface area (Å²) in [6.07, 6.45) is 2.40. The van der Waals surface area contributed by atoms with Gasteiger partial charge < -0.3 is 4.42 Å². The molecule has 5 nitrogen and oxygen atoms in total. The SMILES string of the molecule is Cc1nnc(-c2cnn(C(F)F)c2)o1. The van der Waals surface area contributed by atoms with Crippen LogP contribution in [0.25, 0.3) is 11.5 Å². The van der Waals surface area contributed by atoms with E-state index in [1.54, 1.807) is 6.92 Å². The van der Waals surface area contributed by atoms with E-state index in [4.69, 9.17) is 4.42 Å². The topological polar surface area (TPSA) is 56.7 Å². The van der Waals surface area contributed by atoms with Crippen LogP contribution in [-0.2, 0) is 0 Å². The van der Waals surface area contributed by atoms with Gasteiger partial charge in [0, 0.05) is 13.1 Å². The number of hydrogen-bond donors (Lipinski definition) is 0. The summed E-state index contributed by atoms with van der Waals surface area (Å²) >= 11 is 0. The highest BCUT2D eigenvalue weighted by Crippen LogP contribution is 2.18. The Kier molecular flexibility index (Phi) is 1.99. The summed E-state index contributed by atoms with van der Waals surface area (Å²) in [5, 5.41) is 10.7. The van der Waals surface area contributed by atoms with E-state index >= 15 is 0 Å². The molecule has 0 atom stereocenters. The molecule has 0 N–H and O–H groups in total. The van der Waals surface area contributed by atoms with Gasteiger partial charge in [0.25, 0.3) is 5.89 Å². The van der Waals surface area contributed by atoms with Crippen LogP contribution in [0.4, 0.5) is 8.78 Å². The third-order valence-electron chi connectivity index (χ3n) is 1.57. The maximum Gasteiger partial charge on any atom is 0.333 e. The van der Waals surface area contributed by atoms with E-state index in [1.165, 1.54) is 6.20 Å². The minimum atomic E-state index is -2.66. The summed E-state index contributed by atoms with van der Waals surface area (Å²) in [4.78, 5) is 0. The van der Waals surface area contributed by atoms with Crippen molar-refractivity contribution in [3.8, 4) is 11.5 Å². The van der Waals surface area contributed by atoms with Crippen LogP contribution in [0.5, 0.6) is 0 Å². The largest absolute Gasteiger partial charge is 0.421 e. The molecule has 74 valence electrons. The molecule has 0 aliphatic carbocycles. The Balaban J connectivity index is 2.33. The normalized spacial score (nSPS) is 11.1. The number of alkyl halides is 2. The molecule has 2 aromatic rings. The van der Waals surface area contributed by atoms with Crippen LogP contribution in [0.15, 0.2) is 16.8 Å². The molecule has 0 aromatic carbocycles. The van der Waals surface area contributed by atoms with Crippen molar-refractivity contribution in [2.24, 2.45) is 0 Å². The first-order valence-corrected chi connectivity index (χ1v) is 3.79. The maximum atomic E-state index is 12.1. The number of aryl methyl sites for hydroxylation is 1. The van der Waals surface area contributed by atoms with E-state index < -0.39 is 6.55 Å². The summed E-state index contributed by atoms with van der Waals surface area (Å²) in [7, 11) is 0. The zero-order valence-electron chi connectivity index (χ0n) is 7.19. The third kappa shape index (κ3) is 1.48. The average Bonchev–Trinajstić information content (AvgIpc) is 2.70. The molecule has 7 heteroatoms. The van der Waals surface area contributed by atoms with Gasteiger partial charge in [-0.05, 0) is 0 Å². The third-order valence-corrected chi connectivity index (χ3v) is 1.57. The predicted octanol–water partition coefficient (Wildman–Crippen LogP) is 1.64. The van der Waals surface area contributed by atoms with E-state index in [9.17, 15) is 8.78 Å². The number of hydrogen-bond acceptors (Lipinski definition) is 4. The van der Waals surface area contributed by atoms with Gasteiger partial charge in [0.15, 0.2) is 0 Å². The lowest BCUT2D eigenvalue weighted by Gasteiger charge is -1.94. The quantitative estimate of drug-likeness (QED) is 0.739. The first kappa shape index (κ1) is 8.79. The van der Waals surface area contributed by atoms with Gasteiger partial charge in [-0.3, -0.25) is 0 Å². The zero-order valence-corrected chi connectivity index (χ0v) is 7.19. The Morgan fingerprint density at radius 2 is 2.21 bits per heavy atom. The van der Waals surface area contributed by atoms with Crippen molar-refractivity contribution in [1.82, 2.24) is 20.0 Å². The monoisotopic (exact) mass is 200 g/mol. The standard InChI is InChI=1S/C7H6F2N4O/c1-4-11-12-6(14-4)5-2-10-13(3-5)7(8)9/h2-3,7H,1H3. The van der Waals surface area contributed by atoms with E-state index in [1.807, 2.05) is 0 Å². The number of halogens is 2. The Labute approximate surface area is 77.4 Å². The Morgan fingerprint density at radius 3 is 2.71 bits per heavy atom. The first-order valence-electron chi connectivity index (χ1n) is 3.79. The van der Waals surface area contributed by atoms with Gasteiger partial charge in [-0.1, -0.05) is 0 Å². The lowest BCUT2D eigenvalue weighted by atomic mass is 10.4. The van der Waals surface area contributed by atoms with Gasteiger partial charge >= 0.3 is 6.55 Å². The molecule has 14 heavy (non-hydrogen) atoms. The summed E-state index contributed by atoms with van der Waals surface area (Å²) in [6.45, 7) is -1.04. The molecular formula is C7H6F2N4O. The van der Waals surface area contributed by atoms with Crippen LogP contribution in [0.2, 0.25) is 0 Å². The highest BCUT2D eigenvalue weighted by molar-refractivity contribution is 5.48. The molecule has 2 rings (SSSR count). The van der Waals surface area contributed by atoms with Gasteiger partial charge in [-0.2, -0.15) is 13.9 Å². The lowest BCUT2D eigenvalue weighted by molar-refractivity contribution is 0.0566. The van der Waals surface area contributed by atoms with Crippen LogP contribution < -0.4 is 0 Å². The van der Waals surface area contributed by atoms with Crippen LogP contribution in [0.3, 0.4) is 0 Å². The molecule has 0 bridgehead atoms. The van der Waals surface area contributed by atoms with E-state index in [2.05, 4.69) is 15.3 Å². The zero-order chi connectivity index (χ0) is 10.1. The molecule has 0 aliphatic heterocycles. The fraction of sp³-hybridized carbons (Fsp3) is 0.286. The minimum absolute atomic E-state index is 0.189. The van der Waals surface area contributed by atoms with Gasteiger partial charge in [0.1, 0.15) is 0 Å². The molecular weight excluding hydrogens is 194 g/mol. The second-order valence-electron chi connectivity index (χ2n) is 2.61. The number of aromatic nitrogens is 4. The first-order chi connectivity index (χ1) is 6.66. The van der Waals surface area contributed by atoms with E-state index in [-0.39, 0.29) is 5.89 Å². The smallest absolute Gasteiger partial charge is 0.333 e. The Hall–Kier alpha value is -1.79. The number of nitrogens with zero attached hydrogens (tertiary/aromatic N) is 4. The molecule has 0 saturated carbocycles. The van der Waals surface area contributed by atoms with Crippen molar-refractivity contribution in [2.45, 2.75) is 13.5 Å². The van der Waals surface area contributed by atoms with Crippen molar-refractivity contribution in [2.75, 3.05) is 0 Å². The van der Waals surface area contributed by atoms with Crippen molar-refractivity contribution >= 4 is 0 Å². The molecule has 2 aromatic heterocycles. The fourth-order valence-electron chi connectivity index (χ4n) is 0.968. The van der Waals surface area contributed by atoms with Crippen molar-refractivity contribution in [3.05, 3.63) is 18.3 Å². The predicted molar refractivity (Wildman–Crippen MR) is 41.5 cm³/mol. The van der Waals surface area contributed by atoms with Crippen molar-refractivity contribution in [3.63, 3.8) is 0 Å². The average molecular weight is 200 g/mol. The van der Waals surface area contributed by atoms with Gasteiger partial charge in [-0.15, -0.1) is 10.2 Å². The maximum absolute atomic E-state index is 12.1. The van der Waals surface area contributed by atoms with Crippen molar-refractivity contribution < 1.29 is 13.2 Å². The number of rotatable bonds is 2. The molecule has 0 amide bonds. The molecule has 0 aliphatic rings. The molecule has 0 saturated heterocycles. The molecule has 0 fully saturated rings. The van der Waals surface area contributed by atoms with Gasteiger partial charge in [0.05, 0.1) is 11.8 Å². The van der Waals surface area contributed by atoms with Crippen LogP contribution in [-0.4, -0.2) is 20.0 Å². The van der Waals surface area contributed by atoms with E-state index in [0.29, 0.717) is 16.1 Å². The summed E-state index contributed by atoms with van der Waals surface area (Å²) < 4.78 is 29.8. The lowest BCUT2D eigenvalue weighted by Crippen LogP contribution is -1.96. The fourth-order valence-corrected chi connectivity index (χ4v) is 0.968. The molecule has 0 radical (unpaired) electrons. The van der Waals surface area contributed by atoms with E-state index in [0.717, 1.165) is 6.20 Å². The summed E-state index contributed by atoms with van der Waals surface area (Å²) in [5.41, 5.74) is 0.380. The van der Waals surface area contributed by atoms with Crippen LogP contribution in [0, 0.1) is 6.92 Å². The summed E-state index contributed by atoms with van der Waals surface area (Å²) in [5.74, 6) is 0.569. The highest BCUT2D eigenvalue weighted by atomic mass is 19.3. The van der Waals surface area contributed by atoms with Gasteiger partial charge in [0.2, 0.25) is 5.89 Å². The van der Waals surface area contributed by atoms with Gasteiger partial charge in [-0.25, -0.2) is 4.68 Å². The molecule has 0 unspecified atom stereocenters. The molecule has 2 heterocycles. The van der Waals surface area contributed by atoms with Crippen LogP contribution >= 0.6 is 0 Å². The second kappa shape index (κ2) is 3.17. The Morgan fingerprint density at radius 1 is 1.43 bits per heavy atom. The summed E-state index contributed by atoms with van der Waals surface area (Å²) in [6, 6.07) is 0. The minimum Gasteiger partial charge on any atom is -0.421 e. The highest BCUT2D eigenvalue weighted by Gasteiger charge is 2.12. The van der Waals surface area contributed by atoms with Crippen molar-refractivity contribution in [1.29, 1.82) is 0 Å². The van der Waals surface area contributed by atoms with Crippen LogP contribution in [0.1, 0.15) is 12.4 Å². The Bertz CT molecular complexity index is 436. The molecule has 0 spiro atoms. The second-order valence-corrected chi connectivity index (χ2v) is 2.61.